The Bertz CT molecular complexity index is 980. The van der Waals surface area contributed by atoms with Crippen LogP contribution in [0.15, 0.2) is 0 Å². The topological polar surface area (TPSA) is 372 Å². The van der Waals surface area contributed by atoms with Crippen LogP contribution in [0, 0.1) is 31.1 Å². The predicted molar refractivity (Wildman–Crippen MR) is 105 cm³/mol. The molecule has 2 aliphatic heterocycles. The smallest absolute Gasteiger partial charge is 3.00 e. The van der Waals surface area contributed by atoms with E-state index in [1.54, 1.807) is 0 Å². The molecule has 0 aliphatic carbocycles. The maximum Gasteiger partial charge on any atom is 3.00 e. The van der Waals surface area contributed by atoms with Gasteiger partial charge in [0.05, 0.1) is 18.8 Å². The summed E-state index contributed by atoms with van der Waals surface area (Å²) >= 11 is -3.77. The molecule has 1 radical (unpaired) electrons. The van der Waals surface area contributed by atoms with Crippen molar-refractivity contribution < 1.29 is 129 Å². The van der Waals surface area contributed by atoms with Crippen molar-refractivity contribution in [2.45, 2.75) is 55.3 Å². The van der Waals surface area contributed by atoms with Crippen molar-refractivity contribution in [3.63, 3.8) is 0 Å². The van der Waals surface area contributed by atoms with Crippen molar-refractivity contribution in [1.29, 1.82) is 0 Å². The summed E-state index contributed by atoms with van der Waals surface area (Å²) in [7, 11) is 0. The Labute approximate surface area is 259 Å². The molecule has 2 rings (SSSR count). The van der Waals surface area contributed by atoms with E-state index in [1.807, 2.05) is 0 Å². The minimum absolute atomic E-state index is 0. The molecule has 0 saturated carbocycles. The molecular weight excluding hydrogens is 905 g/mol. The van der Waals surface area contributed by atoms with Crippen LogP contribution < -0.4 is 15.3 Å². The molecule has 0 aromatic heterocycles. The van der Waals surface area contributed by atoms with Gasteiger partial charge in [-0.15, -0.1) is 0 Å². The maximum absolute atomic E-state index is 11.2. The summed E-state index contributed by atoms with van der Waals surface area (Å²) in [4.78, 5) is 93.7. The molecule has 0 atom stereocenters. The number of hydrogen-bond donors (Lipinski definition) is 6. The van der Waals surface area contributed by atoms with Gasteiger partial charge in [-0.05, 0) is 0 Å². The fraction of sp³-hybridized carbons (Fsp3) is 0.500. The van der Waals surface area contributed by atoms with Crippen LogP contribution in [-0.4, -0.2) is 124 Å². The van der Waals surface area contributed by atoms with E-state index in [-0.39, 0.29) is 31.1 Å². The van der Waals surface area contributed by atoms with Crippen molar-refractivity contribution in [3.05, 3.63) is 0 Å². The number of hydrogen-bond acceptors (Lipinski definition) is 18. The zero-order valence-corrected chi connectivity index (χ0v) is 27.6. The minimum Gasteiger partial charge on any atom is 3.00 e. The van der Waals surface area contributed by atoms with Crippen LogP contribution in [-0.2, 0) is 51.7 Å². The van der Waals surface area contributed by atoms with Crippen LogP contribution in [0.5, 0.6) is 0 Å². The zero-order valence-electron chi connectivity index (χ0n) is 20.1. The van der Waals surface area contributed by atoms with E-state index in [4.69, 9.17) is 25.5 Å². The van der Waals surface area contributed by atoms with E-state index < -0.39 is 132 Å². The van der Waals surface area contributed by atoms with Crippen molar-refractivity contribution in [3.8, 4) is 0 Å². The van der Waals surface area contributed by atoms with E-state index in [2.05, 4.69) is 8.56 Å². The summed E-state index contributed by atoms with van der Waals surface area (Å²) in [6, 6.07) is 0. The monoisotopic (exact) mass is 923 g/mol. The first-order valence-electron chi connectivity index (χ1n) is 10.1. The summed E-state index contributed by atoms with van der Waals surface area (Å²) in [5.41, 5.74) is -7.81. The first kappa shape index (κ1) is 40.2. The van der Waals surface area contributed by atoms with Crippen LogP contribution in [0.3, 0.4) is 0 Å². The number of fused-ring (bicyclic) bond motifs is 3. The third kappa shape index (κ3) is 14.0. The van der Waals surface area contributed by atoms with Crippen molar-refractivity contribution >= 4 is 76.5 Å². The first-order chi connectivity index (χ1) is 18.0. The van der Waals surface area contributed by atoms with Gasteiger partial charge >= 0.3 is 136 Å². The number of carbonyl (C=O) groups is 9. The van der Waals surface area contributed by atoms with Crippen LogP contribution in [0.4, 0.5) is 0 Å². The molecule has 0 unspecified atom stereocenters. The molecule has 2 saturated heterocycles. The van der Waals surface area contributed by atoms with Gasteiger partial charge in [0.25, 0.3) is 0 Å². The Kier molecular flexibility index (Phi) is 16.1. The van der Waals surface area contributed by atoms with Gasteiger partial charge in [0.1, 0.15) is 5.60 Å². The molecule has 0 aromatic rings. The molecule has 223 valence electrons. The number of rotatable bonds is 10. The standard InChI is InChI=1S/3C6H8O7.In.U/c3*7-3(8)1-6(13,5(11)12)2-4(9)10;;/h3*13H,1-2H2,(H,7,8)(H,9,10)(H,11,12);;/q;;;2*+3/p-6. The second kappa shape index (κ2) is 16.5. The third-order valence-electron chi connectivity index (χ3n) is 4.45. The minimum atomic E-state index is -3.77. The molecule has 2 heterocycles. The van der Waals surface area contributed by atoms with Crippen LogP contribution in [0.2, 0.25) is 0 Å². The molecule has 2 fully saturated rings. The Morgan fingerprint density at radius 3 is 1.37 bits per heavy atom. The Morgan fingerprint density at radius 2 is 1.10 bits per heavy atom. The summed E-state index contributed by atoms with van der Waals surface area (Å²) in [6.45, 7) is 0. The summed E-state index contributed by atoms with van der Waals surface area (Å²) in [6.07, 6.45) is -6.10. The average molecular weight is 923 g/mol. The van der Waals surface area contributed by atoms with Gasteiger partial charge in [-0.2, -0.15) is 0 Å². The molecule has 2 bridgehead atoms. The summed E-state index contributed by atoms with van der Waals surface area (Å²) < 4.78 is 13.8. The molecule has 0 amide bonds. The van der Waals surface area contributed by atoms with Crippen LogP contribution in [0.1, 0.15) is 38.5 Å². The number of carboxylic acid groups (broad SMARTS) is 6. The third-order valence-corrected chi connectivity index (χ3v) is 8.21. The predicted octanol–water partition coefficient (Wildman–Crippen LogP) is -8.36. The van der Waals surface area contributed by atoms with Gasteiger partial charge in [-0.1, -0.05) is 0 Å². The quantitative estimate of drug-likeness (QED) is 0.118. The molecule has 0 spiro atoms. The second-order valence-corrected chi connectivity index (χ2v) is 11.6. The molecule has 2 aliphatic rings. The van der Waals surface area contributed by atoms with Crippen molar-refractivity contribution in [2.75, 3.05) is 0 Å². The molecule has 23 heteroatoms. The number of carboxylic acids is 6. The van der Waals surface area contributed by atoms with Gasteiger partial charge in [0.2, 0.25) is 0 Å². The van der Waals surface area contributed by atoms with Gasteiger partial charge < -0.3 is 55.2 Å². The van der Waals surface area contributed by atoms with E-state index in [0.717, 1.165) is 0 Å². The van der Waals surface area contributed by atoms with Gasteiger partial charge in [0.15, 0.2) is 5.60 Å². The number of aliphatic hydroxyl groups is 3. The normalized spacial score (nSPS) is 15.3. The molecule has 0 aromatic carbocycles. The van der Waals surface area contributed by atoms with Crippen LogP contribution in [0.25, 0.3) is 0 Å². The fourth-order valence-corrected chi connectivity index (χ4v) is 5.89. The van der Waals surface area contributed by atoms with E-state index >= 15 is 0 Å². The summed E-state index contributed by atoms with van der Waals surface area (Å²) in [5.74, 6) is -13.5. The van der Waals surface area contributed by atoms with Gasteiger partial charge in [0, 0.05) is 24.8 Å². The summed E-state index contributed by atoms with van der Waals surface area (Å²) in [5, 5.41) is 82.4. The molecule has 41 heavy (non-hydrogen) atoms. The van der Waals surface area contributed by atoms with Crippen molar-refractivity contribution in [2.24, 2.45) is 0 Å². The SMILES string of the molecule is O=C(O)CC(O)(CC(=O)O)C(=O)O.O=C([O-])CC(O)(CC(=O)[O-])C(=O)[O-].O=C1CC2(O)CC(=O)[O][In]([O]1)[O]C2=O.[U+3]. The zero-order chi connectivity index (χ0) is 31.6. The number of carbonyl (C=O) groups excluding carboxylic acids is 6. The largest absolute Gasteiger partial charge is 3.00 e. The second-order valence-electron chi connectivity index (χ2n) is 7.95. The maximum atomic E-state index is 11.2. The van der Waals surface area contributed by atoms with E-state index in [1.165, 1.54) is 0 Å². The average Bonchev–Trinajstić information content (AvgIpc) is 2.87. The first-order valence-corrected chi connectivity index (χ1v) is 14.1. The Hall–Kier alpha value is -2.97. The fourth-order valence-electron chi connectivity index (χ4n) is 2.65. The molecule has 6 N–H and O–H groups in total. The van der Waals surface area contributed by atoms with Gasteiger partial charge in [-0.25, -0.2) is 4.79 Å². The molecular formula is C18H18InO21U. The molecule has 21 nitrogen and oxygen atoms in total. The van der Waals surface area contributed by atoms with E-state index in [0.29, 0.717) is 0 Å². The van der Waals surface area contributed by atoms with E-state index in [9.17, 15) is 63.6 Å². The van der Waals surface area contributed by atoms with Gasteiger partial charge in [-0.3, -0.25) is 9.59 Å². The Balaban J connectivity index is 0. The van der Waals surface area contributed by atoms with Crippen LogP contribution >= 0.6 is 0 Å². The Morgan fingerprint density at radius 1 is 0.732 bits per heavy atom. The number of aliphatic carboxylic acids is 6. The van der Waals surface area contributed by atoms with Crippen molar-refractivity contribution in [1.82, 2.24) is 0 Å².